The minimum atomic E-state index is -0.405. The molecule has 0 spiro atoms. The molecule has 0 aromatic carbocycles. The van der Waals surface area contributed by atoms with Gasteiger partial charge in [-0.15, -0.1) is 0 Å². The number of aliphatic hydroxyl groups is 1. The van der Waals surface area contributed by atoms with Crippen LogP contribution in [0.4, 0.5) is 0 Å². The Kier molecular flexibility index (Phi) is 10.8. The summed E-state index contributed by atoms with van der Waals surface area (Å²) in [5, 5.41) is 12.8. The first-order valence-corrected chi connectivity index (χ1v) is 7.05. The average molecular weight is 276 g/mol. The highest BCUT2D eigenvalue weighted by Gasteiger charge is 2.10. The van der Waals surface area contributed by atoms with Gasteiger partial charge in [-0.1, -0.05) is 33.6 Å². The van der Waals surface area contributed by atoms with Crippen LogP contribution in [0.15, 0.2) is 0 Å². The van der Waals surface area contributed by atoms with Crippen molar-refractivity contribution in [2.75, 3.05) is 13.2 Å². The third-order valence-corrected chi connectivity index (χ3v) is 2.62. The van der Waals surface area contributed by atoms with E-state index >= 15 is 0 Å². The number of hydrogen-bond acceptors (Lipinski definition) is 5. The van der Waals surface area contributed by atoms with Gasteiger partial charge in [-0.05, 0) is 36.1 Å². The van der Waals surface area contributed by atoms with Gasteiger partial charge >= 0.3 is 5.97 Å². The molecule has 0 aromatic heterocycles. The van der Waals surface area contributed by atoms with Crippen molar-refractivity contribution in [3.8, 4) is 0 Å². The Bertz CT molecular complexity index is 222. The van der Waals surface area contributed by atoms with E-state index in [9.17, 15) is 4.79 Å². The van der Waals surface area contributed by atoms with Crippen molar-refractivity contribution in [1.29, 1.82) is 0 Å². The molecule has 0 saturated heterocycles. The standard InChI is InChI=1S/C14H28O5/c1-14(2,3)10-6-4-5-9-13(16)18-19-17-12-8-7-11-15/h15H,4-12H2,1-3H3. The van der Waals surface area contributed by atoms with E-state index < -0.39 is 5.97 Å². The molecule has 0 fully saturated rings. The summed E-state index contributed by atoms with van der Waals surface area (Å²) in [6, 6.07) is 0. The second-order valence-corrected chi connectivity index (χ2v) is 5.90. The fourth-order valence-electron chi connectivity index (χ4n) is 1.51. The van der Waals surface area contributed by atoms with Crippen molar-refractivity contribution in [3.63, 3.8) is 0 Å². The van der Waals surface area contributed by atoms with Crippen LogP contribution < -0.4 is 0 Å². The van der Waals surface area contributed by atoms with E-state index in [4.69, 9.17) is 5.11 Å². The number of carbonyl (C=O) groups is 1. The van der Waals surface area contributed by atoms with Gasteiger partial charge < -0.3 is 5.11 Å². The maximum atomic E-state index is 11.2. The molecule has 0 rings (SSSR count). The highest BCUT2D eigenvalue weighted by molar-refractivity contribution is 5.68. The lowest BCUT2D eigenvalue weighted by Gasteiger charge is -2.17. The molecule has 0 unspecified atom stereocenters. The van der Waals surface area contributed by atoms with E-state index in [-0.39, 0.29) is 6.61 Å². The Labute approximate surface area is 116 Å². The molecule has 0 aliphatic rings. The van der Waals surface area contributed by atoms with E-state index in [2.05, 4.69) is 35.6 Å². The molecule has 0 aromatic rings. The van der Waals surface area contributed by atoms with E-state index in [0.29, 0.717) is 31.3 Å². The molecule has 0 amide bonds. The number of hydrogen-bond donors (Lipinski definition) is 1. The van der Waals surface area contributed by atoms with Crippen molar-refractivity contribution >= 4 is 5.97 Å². The Hall–Kier alpha value is -0.650. The Morgan fingerprint density at radius 3 is 2.42 bits per heavy atom. The number of aliphatic hydroxyl groups excluding tert-OH is 1. The van der Waals surface area contributed by atoms with Gasteiger partial charge in [0.25, 0.3) is 0 Å². The van der Waals surface area contributed by atoms with Crippen molar-refractivity contribution in [2.45, 2.75) is 65.7 Å². The zero-order chi connectivity index (χ0) is 14.6. The molecule has 0 atom stereocenters. The van der Waals surface area contributed by atoms with E-state index in [1.54, 1.807) is 0 Å². The van der Waals surface area contributed by atoms with E-state index in [1.165, 1.54) is 0 Å². The number of carbonyl (C=O) groups excluding carboxylic acids is 1. The summed E-state index contributed by atoms with van der Waals surface area (Å²) >= 11 is 0. The first-order valence-electron chi connectivity index (χ1n) is 7.05. The predicted molar refractivity (Wildman–Crippen MR) is 72.0 cm³/mol. The van der Waals surface area contributed by atoms with Crippen LogP contribution in [-0.2, 0) is 19.6 Å². The second kappa shape index (κ2) is 11.2. The molecule has 1 N–H and O–H groups in total. The molecule has 0 bridgehead atoms. The van der Waals surface area contributed by atoms with Crippen LogP contribution in [0, 0.1) is 5.41 Å². The average Bonchev–Trinajstić information content (AvgIpc) is 2.31. The largest absolute Gasteiger partial charge is 0.396 e. The third-order valence-electron chi connectivity index (χ3n) is 2.62. The minimum absolute atomic E-state index is 0.123. The van der Waals surface area contributed by atoms with E-state index in [1.807, 2.05) is 0 Å². The summed E-state index contributed by atoms with van der Waals surface area (Å²) < 4.78 is 0. The number of rotatable bonds is 11. The van der Waals surface area contributed by atoms with Gasteiger partial charge in [-0.2, -0.15) is 4.89 Å². The van der Waals surface area contributed by atoms with Crippen LogP contribution in [0.1, 0.15) is 65.7 Å². The maximum Gasteiger partial charge on any atom is 0.345 e. The third kappa shape index (κ3) is 15.3. The topological polar surface area (TPSA) is 65.0 Å². The van der Waals surface area contributed by atoms with Crippen LogP contribution in [0.5, 0.6) is 0 Å². The van der Waals surface area contributed by atoms with Crippen molar-refractivity contribution < 1.29 is 24.7 Å². The molecule has 0 heterocycles. The summed E-state index contributed by atoms with van der Waals surface area (Å²) in [6.45, 7) is 7.06. The van der Waals surface area contributed by atoms with Crippen LogP contribution >= 0.6 is 0 Å². The zero-order valence-corrected chi connectivity index (χ0v) is 12.4. The van der Waals surface area contributed by atoms with Gasteiger partial charge in [0.05, 0.1) is 6.61 Å². The van der Waals surface area contributed by atoms with Gasteiger partial charge in [0.1, 0.15) is 0 Å². The van der Waals surface area contributed by atoms with Crippen LogP contribution in [-0.4, -0.2) is 24.3 Å². The summed E-state index contributed by atoms with van der Waals surface area (Å²) in [6.07, 6.45) is 5.77. The van der Waals surface area contributed by atoms with Gasteiger partial charge in [-0.25, -0.2) is 4.79 Å². The zero-order valence-electron chi connectivity index (χ0n) is 12.4. The summed E-state index contributed by atoms with van der Waals surface area (Å²) in [4.78, 5) is 20.3. The van der Waals surface area contributed by atoms with Gasteiger partial charge in [0, 0.05) is 13.0 Å². The van der Waals surface area contributed by atoms with Crippen molar-refractivity contribution in [1.82, 2.24) is 0 Å². The quantitative estimate of drug-likeness (QED) is 0.357. The van der Waals surface area contributed by atoms with E-state index in [0.717, 1.165) is 25.7 Å². The lowest BCUT2D eigenvalue weighted by Crippen LogP contribution is -2.07. The monoisotopic (exact) mass is 276 g/mol. The second-order valence-electron chi connectivity index (χ2n) is 5.90. The molecule has 0 radical (unpaired) electrons. The first kappa shape index (κ1) is 18.4. The fraction of sp³-hybridized carbons (Fsp3) is 0.929. The van der Waals surface area contributed by atoms with Gasteiger partial charge in [0.15, 0.2) is 0 Å². The predicted octanol–water partition coefficient (Wildman–Crippen LogP) is 3.16. The lowest BCUT2D eigenvalue weighted by atomic mass is 9.89. The lowest BCUT2D eigenvalue weighted by molar-refractivity contribution is -0.486. The SMILES string of the molecule is CC(C)(C)CCCCCC(=O)OOOCCCCO. The highest BCUT2D eigenvalue weighted by atomic mass is 17.5. The molecular weight excluding hydrogens is 248 g/mol. The minimum Gasteiger partial charge on any atom is -0.396 e. The normalized spacial score (nSPS) is 11.6. The summed E-state index contributed by atoms with van der Waals surface area (Å²) in [7, 11) is 0. The highest BCUT2D eigenvalue weighted by Crippen LogP contribution is 2.22. The summed E-state index contributed by atoms with van der Waals surface area (Å²) in [5.74, 6) is -0.405. The van der Waals surface area contributed by atoms with Crippen LogP contribution in [0.3, 0.4) is 0 Å². The summed E-state index contributed by atoms with van der Waals surface area (Å²) in [5.41, 5.74) is 0.353. The maximum absolute atomic E-state index is 11.2. The molecular formula is C14H28O5. The molecule has 5 nitrogen and oxygen atoms in total. The Morgan fingerprint density at radius 2 is 1.79 bits per heavy atom. The van der Waals surface area contributed by atoms with Crippen LogP contribution in [0.2, 0.25) is 0 Å². The molecule has 5 heteroatoms. The molecule has 0 aliphatic carbocycles. The fourth-order valence-corrected chi connectivity index (χ4v) is 1.51. The molecule has 0 saturated carbocycles. The van der Waals surface area contributed by atoms with Crippen molar-refractivity contribution in [3.05, 3.63) is 0 Å². The van der Waals surface area contributed by atoms with Gasteiger partial charge in [0.2, 0.25) is 0 Å². The van der Waals surface area contributed by atoms with Crippen LogP contribution in [0.25, 0.3) is 0 Å². The van der Waals surface area contributed by atoms with Gasteiger partial charge in [-0.3, -0.25) is 4.89 Å². The van der Waals surface area contributed by atoms with Crippen molar-refractivity contribution in [2.24, 2.45) is 5.41 Å². The Morgan fingerprint density at radius 1 is 1.05 bits per heavy atom. The molecule has 19 heavy (non-hydrogen) atoms. The first-order chi connectivity index (χ1) is 8.95. The number of unbranched alkanes of at least 4 members (excludes halogenated alkanes) is 3. The Balaban J connectivity index is 3.26. The molecule has 114 valence electrons. The molecule has 0 aliphatic heterocycles. The smallest absolute Gasteiger partial charge is 0.345 e.